The maximum atomic E-state index is 6.85. The number of rotatable bonds is 6. The summed E-state index contributed by atoms with van der Waals surface area (Å²) in [5.74, 6) is 1.87. The molecule has 0 saturated carbocycles. The normalized spacial score (nSPS) is 11.8. The van der Waals surface area contributed by atoms with Gasteiger partial charge < -0.3 is 13.6 Å². The molecule has 0 radical (unpaired) electrons. The Morgan fingerprint density at radius 3 is 1.54 bits per heavy atom. The largest absolute Gasteiger partial charge is 0.456 e. The van der Waals surface area contributed by atoms with Crippen molar-refractivity contribution in [3.8, 4) is 56.7 Å². The summed E-state index contributed by atoms with van der Waals surface area (Å²) >= 11 is 0. The molecule has 0 saturated heterocycles. The van der Waals surface area contributed by atoms with Crippen molar-refractivity contribution in [2.45, 2.75) is 0 Å². The first-order valence-electron chi connectivity index (χ1n) is 21.2. The number of furan rings is 1. The molecular formula is C57H35N5O. The van der Waals surface area contributed by atoms with E-state index in [0.29, 0.717) is 17.5 Å². The minimum Gasteiger partial charge on any atom is -0.456 e. The molecule has 13 aromatic rings. The van der Waals surface area contributed by atoms with Gasteiger partial charge in [0.1, 0.15) is 11.2 Å². The fourth-order valence-electron chi connectivity index (χ4n) is 9.52. The van der Waals surface area contributed by atoms with Gasteiger partial charge >= 0.3 is 0 Å². The lowest BCUT2D eigenvalue weighted by atomic mass is 9.99. The van der Waals surface area contributed by atoms with Gasteiger partial charge in [-0.05, 0) is 59.7 Å². The fourth-order valence-corrected chi connectivity index (χ4v) is 9.52. The molecule has 0 aliphatic carbocycles. The van der Waals surface area contributed by atoms with Gasteiger partial charge in [0.25, 0.3) is 0 Å². The molecule has 13 rings (SSSR count). The lowest BCUT2D eigenvalue weighted by Gasteiger charge is -2.11. The maximum Gasteiger partial charge on any atom is 0.164 e. The Morgan fingerprint density at radius 1 is 0.302 bits per heavy atom. The molecular weight excluding hydrogens is 771 g/mol. The average molecular weight is 806 g/mol. The van der Waals surface area contributed by atoms with E-state index in [-0.39, 0.29) is 0 Å². The van der Waals surface area contributed by atoms with Gasteiger partial charge in [-0.3, -0.25) is 0 Å². The highest BCUT2D eigenvalue weighted by Crippen LogP contribution is 2.42. The minimum absolute atomic E-state index is 0.611. The monoisotopic (exact) mass is 805 g/mol. The van der Waals surface area contributed by atoms with Crippen LogP contribution in [0, 0.1) is 0 Å². The molecule has 6 heteroatoms. The molecule has 0 fully saturated rings. The Balaban J connectivity index is 0.971. The third-order valence-electron chi connectivity index (χ3n) is 12.4. The molecule has 63 heavy (non-hydrogen) atoms. The van der Waals surface area contributed by atoms with Crippen molar-refractivity contribution < 1.29 is 4.42 Å². The molecule has 0 aliphatic rings. The lowest BCUT2D eigenvalue weighted by molar-refractivity contribution is 0.669. The molecule has 0 bridgehead atoms. The second-order valence-corrected chi connectivity index (χ2v) is 16.0. The maximum absolute atomic E-state index is 6.85. The van der Waals surface area contributed by atoms with Crippen molar-refractivity contribution in [1.29, 1.82) is 0 Å². The van der Waals surface area contributed by atoms with Crippen LogP contribution in [-0.4, -0.2) is 24.1 Å². The molecule has 4 aromatic heterocycles. The van der Waals surface area contributed by atoms with Crippen LogP contribution < -0.4 is 0 Å². The van der Waals surface area contributed by atoms with Crippen molar-refractivity contribution >= 4 is 65.6 Å². The van der Waals surface area contributed by atoms with E-state index in [1.807, 2.05) is 60.7 Å². The molecule has 9 aromatic carbocycles. The second-order valence-electron chi connectivity index (χ2n) is 16.0. The predicted octanol–water partition coefficient (Wildman–Crippen LogP) is 14.6. The number of para-hydroxylation sites is 2. The van der Waals surface area contributed by atoms with Crippen LogP contribution in [0.2, 0.25) is 0 Å². The fraction of sp³-hybridized carbons (Fsp3) is 0. The van der Waals surface area contributed by atoms with Crippen LogP contribution >= 0.6 is 0 Å². The topological polar surface area (TPSA) is 61.7 Å². The van der Waals surface area contributed by atoms with Crippen molar-refractivity contribution in [3.63, 3.8) is 0 Å². The van der Waals surface area contributed by atoms with E-state index in [9.17, 15) is 0 Å². The molecule has 294 valence electrons. The zero-order chi connectivity index (χ0) is 41.4. The summed E-state index contributed by atoms with van der Waals surface area (Å²) < 4.78 is 11.5. The van der Waals surface area contributed by atoms with E-state index in [1.54, 1.807) is 0 Å². The van der Waals surface area contributed by atoms with Crippen molar-refractivity contribution in [3.05, 3.63) is 212 Å². The first-order chi connectivity index (χ1) is 31.2. The summed E-state index contributed by atoms with van der Waals surface area (Å²) in [6.45, 7) is 0. The Kier molecular flexibility index (Phi) is 7.80. The van der Waals surface area contributed by atoms with Gasteiger partial charge in [0, 0.05) is 72.5 Å². The first-order valence-corrected chi connectivity index (χ1v) is 21.2. The van der Waals surface area contributed by atoms with Crippen molar-refractivity contribution in [2.75, 3.05) is 0 Å². The Morgan fingerprint density at radius 2 is 0.825 bits per heavy atom. The summed E-state index contributed by atoms with van der Waals surface area (Å²) in [5, 5.41) is 6.96. The van der Waals surface area contributed by atoms with Gasteiger partial charge in [-0.15, -0.1) is 0 Å². The Hall–Kier alpha value is -8.61. The van der Waals surface area contributed by atoms with Crippen LogP contribution in [-0.2, 0) is 0 Å². The summed E-state index contributed by atoms with van der Waals surface area (Å²) in [4.78, 5) is 15.0. The molecule has 4 heterocycles. The van der Waals surface area contributed by atoms with E-state index in [4.69, 9.17) is 19.4 Å². The molecule has 0 atom stereocenters. The summed E-state index contributed by atoms with van der Waals surface area (Å²) in [6.07, 6.45) is 0. The minimum atomic E-state index is 0.611. The van der Waals surface area contributed by atoms with Gasteiger partial charge in [0.2, 0.25) is 0 Å². The molecule has 0 N–H and O–H groups in total. The molecule has 6 nitrogen and oxygen atoms in total. The van der Waals surface area contributed by atoms with Gasteiger partial charge in [-0.1, -0.05) is 152 Å². The number of nitrogens with zero attached hydrogens (tertiary/aromatic N) is 5. The number of hydrogen-bond donors (Lipinski definition) is 0. The number of fused-ring (bicyclic) bond motifs is 9. The van der Waals surface area contributed by atoms with Gasteiger partial charge in [-0.25, -0.2) is 15.0 Å². The van der Waals surface area contributed by atoms with E-state index in [0.717, 1.165) is 77.5 Å². The highest BCUT2D eigenvalue weighted by molar-refractivity contribution is 6.18. The number of aromatic nitrogens is 5. The lowest BCUT2D eigenvalue weighted by Crippen LogP contribution is -2.01. The van der Waals surface area contributed by atoms with Crippen molar-refractivity contribution in [2.24, 2.45) is 0 Å². The molecule has 0 aliphatic heterocycles. The first kappa shape index (κ1) is 35.2. The van der Waals surface area contributed by atoms with Gasteiger partial charge in [0.05, 0.1) is 22.1 Å². The quantitative estimate of drug-likeness (QED) is 0.168. The van der Waals surface area contributed by atoms with E-state index < -0.39 is 0 Å². The summed E-state index contributed by atoms with van der Waals surface area (Å²) in [7, 11) is 0. The smallest absolute Gasteiger partial charge is 0.164 e. The van der Waals surface area contributed by atoms with E-state index >= 15 is 0 Å². The standard InChI is InChI=1S/C57H35N5O/c1-4-16-36(17-5-1)42-26-15-29-50-54(42)45-25-11-13-28-49(45)61(50)41-30-31-44-47-34-46-43-24-10-12-27-48(43)62(51(46)35-53(47)63-52(44)33-41)40-23-14-22-39(32-40)57-59-55(37-18-6-2-7-19-37)58-56(60-57)38-20-8-3-9-21-38/h1-35H. The predicted molar refractivity (Wildman–Crippen MR) is 258 cm³/mol. The third kappa shape index (κ3) is 5.62. The second kappa shape index (κ2) is 14.0. The highest BCUT2D eigenvalue weighted by atomic mass is 16.3. The summed E-state index contributed by atoms with van der Waals surface area (Å²) in [6, 6.07) is 74.4. The van der Waals surface area contributed by atoms with Crippen LogP contribution in [0.3, 0.4) is 0 Å². The van der Waals surface area contributed by atoms with Gasteiger partial charge in [-0.2, -0.15) is 0 Å². The number of benzene rings is 9. The van der Waals surface area contributed by atoms with Gasteiger partial charge in [0.15, 0.2) is 17.5 Å². The van der Waals surface area contributed by atoms with Crippen LogP contribution in [0.15, 0.2) is 217 Å². The third-order valence-corrected chi connectivity index (χ3v) is 12.4. The van der Waals surface area contributed by atoms with Crippen LogP contribution in [0.4, 0.5) is 0 Å². The molecule has 0 amide bonds. The number of hydrogen-bond acceptors (Lipinski definition) is 4. The average Bonchev–Trinajstić information content (AvgIpc) is 4.00. The van der Waals surface area contributed by atoms with E-state index in [1.165, 1.54) is 27.3 Å². The van der Waals surface area contributed by atoms with Crippen LogP contribution in [0.5, 0.6) is 0 Å². The Bertz CT molecular complexity index is 3850. The zero-order valence-corrected chi connectivity index (χ0v) is 33.9. The highest BCUT2D eigenvalue weighted by Gasteiger charge is 2.20. The zero-order valence-electron chi connectivity index (χ0n) is 33.9. The summed E-state index contributed by atoms with van der Waals surface area (Å²) in [5.41, 5.74) is 13.4. The molecule has 0 spiro atoms. The van der Waals surface area contributed by atoms with Crippen LogP contribution in [0.1, 0.15) is 0 Å². The van der Waals surface area contributed by atoms with Crippen LogP contribution in [0.25, 0.3) is 122 Å². The van der Waals surface area contributed by atoms with Crippen molar-refractivity contribution in [1.82, 2.24) is 24.1 Å². The van der Waals surface area contributed by atoms with E-state index in [2.05, 4.69) is 161 Å². The Labute approximate surface area is 361 Å². The molecule has 0 unspecified atom stereocenters. The SMILES string of the molecule is c1ccc(-c2nc(-c3ccccc3)nc(-c3cccc(-n4c5ccccc5c5cc6c(cc54)oc4cc(-n5c7ccccc7c7c(-c8ccccc8)cccc75)ccc46)c3)n2)cc1.